The fourth-order valence-corrected chi connectivity index (χ4v) is 12.6. The number of benzene rings is 4. The van der Waals surface area contributed by atoms with Crippen molar-refractivity contribution >= 4 is 82.8 Å². The molecular weight excluding hydrogens is 1460 g/mol. The van der Waals surface area contributed by atoms with Gasteiger partial charge in [-0.25, -0.2) is 9.37 Å². The molecule has 0 aliphatic carbocycles. The van der Waals surface area contributed by atoms with Gasteiger partial charge in [0.1, 0.15) is 64.9 Å². The predicted octanol–water partition coefficient (Wildman–Crippen LogP) is -1.68. The van der Waals surface area contributed by atoms with Crippen LogP contribution in [-0.2, 0) is 99.4 Å². The number of amides is 12. The van der Waals surface area contributed by atoms with E-state index in [1.807, 2.05) is 37.3 Å². The molecule has 12 amide bonds. The number of aliphatic hydroxyl groups is 3. The number of hydrogen-bond acceptors (Lipinski definition) is 20. The lowest BCUT2D eigenvalue weighted by Gasteiger charge is -2.36. The van der Waals surface area contributed by atoms with Crippen molar-refractivity contribution in [2.24, 2.45) is 11.5 Å². The van der Waals surface area contributed by atoms with Gasteiger partial charge >= 0.3 is 11.9 Å². The average Bonchev–Trinajstić information content (AvgIpc) is 1.57. The second-order valence-corrected chi connectivity index (χ2v) is 27.6. The van der Waals surface area contributed by atoms with Gasteiger partial charge in [-0.05, 0) is 118 Å². The maximum absolute atomic E-state index is 15.5. The number of hydrogen-bond donors (Lipinski definition) is 17. The monoisotopic (exact) mass is 1560 g/mol. The first-order chi connectivity index (χ1) is 53.0. The van der Waals surface area contributed by atoms with Crippen molar-refractivity contribution in [3.8, 4) is 16.9 Å². The SMILES string of the molecule is CCc1cc(OC)ccc1-c1ccc(C[C@H](NC(=O)[C@H](CC(=O)O)NC(=O)[C@H](CO)NC(=O)[C@@H](NC(=O)[C@](C)(Cc2ccccc2F)NC(=O)[C@@H](NC(=O)CNC(=O)[C@H](CCC(=O)O)NC(=O)[C@]2(C)CCCN2C(=O)[C@@H](N)Cc2c[nH]cn2)[C@@H](C)O)[C@@H](C)O)C(=O)N[C@@H](CCC(=O)N(CC)Cc2ccccc2)C(N)=O)cc1. The number of aromatic nitrogens is 2. The molecule has 36 heteroatoms. The number of carbonyl (C=O) groups excluding carboxylic acids is 12. The molecule has 6 rings (SSSR count). The maximum Gasteiger partial charge on any atom is 0.305 e. The van der Waals surface area contributed by atoms with Gasteiger partial charge in [0.15, 0.2) is 0 Å². The molecule has 0 radical (unpaired) electrons. The molecule has 5 aromatic rings. The Labute approximate surface area is 645 Å². The van der Waals surface area contributed by atoms with E-state index < -0.39 is 193 Å². The molecular formula is C76H100FN15O20. The minimum atomic E-state index is -2.44. The van der Waals surface area contributed by atoms with Crippen molar-refractivity contribution in [3.63, 3.8) is 0 Å². The van der Waals surface area contributed by atoms with E-state index in [1.165, 1.54) is 48.4 Å². The third kappa shape index (κ3) is 25.4. The predicted molar refractivity (Wildman–Crippen MR) is 400 cm³/mol. The summed E-state index contributed by atoms with van der Waals surface area (Å²) in [5.74, 6) is -16.4. The number of nitrogens with one attached hydrogen (secondary N) is 10. The summed E-state index contributed by atoms with van der Waals surface area (Å²) in [4.78, 5) is 202. The first kappa shape index (κ1) is 89.1. The largest absolute Gasteiger partial charge is 0.497 e. The number of nitrogens with zero attached hydrogens (tertiary/aromatic N) is 3. The lowest BCUT2D eigenvalue weighted by atomic mass is 9.90. The van der Waals surface area contributed by atoms with E-state index in [0.29, 0.717) is 36.4 Å². The van der Waals surface area contributed by atoms with Crippen LogP contribution in [0.2, 0.25) is 0 Å². The van der Waals surface area contributed by atoms with Crippen molar-refractivity contribution in [2.45, 2.75) is 190 Å². The smallest absolute Gasteiger partial charge is 0.305 e. The van der Waals surface area contributed by atoms with E-state index >= 15 is 4.39 Å². The van der Waals surface area contributed by atoms with Crippen molar-refractivity contribution < 1.29 is 102 Å². The number of nitrogens with two attached hydrogens (primary N) is 2. The summed E-state index contributed by atoms with van der Waals surface area (Å²) in [6, 6.07) is 12.0. The zero-order valence-corrected chi connectivity index (χ0v) is 63.2. The van der Waals surface area contributed by atoms with Gasteiger partial charge in [-0.3, -0.25) is 67.1 Å². The topological polar surface area (TPSA) is 545 Å². The van der Waals surface area contributed by atoms with Crippen LogP contribution in [0.5, 0.6) is 5.75 Å². The summed E-state index contributed by atoms with van der Waals surface area (Å²) < 4.78 is 20.9. The van der Waals surface area contributed by atoms with Crippen molar-refractivity contribution in [1.29, 1.82) is 0 Å². The minimum Gasteiger partial charge on any atom is -0.497 e. The summed E-state index contributed by atoms with van der Waals surface area (Å²) in [5.41, 5.74) is 12.1. The molecule has 0 saturated carbocycles. The first-order valence-electron chi connectivity index (χ1n) is 36.3. The van der Waals surface area contributed by atoms with Crippen molar-refractivity contribution in [3.05, 3.63) is 143 Å². The highest BCUT2D eigenvalue weighted by molar-refractivity contribution is 6.01. The van der Waals surface area contributed by atoms with Gasteiger partial charge in [0.25, 0.3) is 0 Å². The van der Waals surface area contributed by atoms with Crippen LogP contribution in [0, 0.1) is 5.82 Å². The molecule has 0 unspecified atom stereocenters. The van der Waals surface area contributed by atoms with Gasteiger partial charge in [-0.15, -0.1) is 0 Å². The molecule has 606 valence electrons. The fourth-order valence-electron chi connectivity index (χ4n) is 12.6. The van der Waals surface area contributed by atoms with E-state index in [-0.39, 0.29) is 56.7 Å². The number of H-pyrrole nitrogens is 1. The van der Waals surface area contributed by atoms with E-state index in [1.54, 1.807) is 55.6 Å². The Kier molecular flexibility index (Phi) is 33.3. The third-order valence-electron chi connectivity index (χ3n) is 19.0. The fraction of sp³-hybridized carbons (Fsp3) is 0.461. The normalized spacial score (nSPS) is 16.4. The van der Waals surface area contributed by atoms with E-state index in [2.05, 4.69) is 57.8 Å². The number of methoxy groups -OCH3 is 1. The highest BCUT2D eigenvalue weighted by atomic mass is 19.1. The summed E-state index contributed by atoms with van der Waals surface area (Å²) >= 11 is 0. The highest BCUT2D eigenvalue weighted by Crippen LogP contribution is 2.32. The first-order valence-corrected chi connectivity index (χ1v) is 36.3. The Morgan fingerprint density at radius 3 is 1.91 bits per heavy atom. The van der Waals surface area contributed by atoms with Gasteiger partial charge in [0.2, 0.25) is 70.9 Å². The number of carboxylic acids is 2. The van der Waals surface area contributed by atoms with Crippen LogP contribution in [-0.4, -0.2) is 233 Å². The van der Waals surface area contributed by atoms with Crippen LogP contribution in [0.4, 0.5) is 4.39 Å². The highest BCUT2D eigenvalue weighted by Gasteiger charge is 2.48. The standard InChI is InChI=1S/C76H100FN15O20/c1-8-46-33-50(112-7)24-25-51(46)47-22-20-44(21-23-47)32-56(67(104)83-54(65(79)102)26-28-60(97)91(9-2)39-45-16-11-10-12-17-45)84-68(105)57(35-62(100)101)85-69(106)58(40-93)86-70(107)63(42(3)94)89-73(110)75(5,36-48-18-13-14-19-52(48)77)90-71(108)64(43(4)95)88-59(96)38-81-66(103)55(27-29-61(98)99)87-74(111)76(6)30-15-31-92(76)72(109)53(78)34-49-37-80-41-82-49/h10-14,16-25,33,37,41-43,53-58,63-64,93-95H,8-9,15,26-32,34-36,38-40,78H2,1-7H3,(H2,79,102)(H,80,82)(H,81,103)(H,83,104)(H,84,105)(H,85,106)(H,86,107)(H,87,111)(H,88,96)(H,89,110)(H,90,108)(H,98,99)(H,100,101)/t42-,43-,53+,54+,55+,56+,57+,58+,63+,64+,75+,76+/m1/s1. The van der Waals surface area contributed by atoms with Crippen molar-refractivity contribution in [2.75, 3.05) is 33.4 Å². The molecule has 1 saturated heterocycles. The maximum atomic E-state index is 15.5. The number of aromatic amines is 1. The number of halogens is 1. The summed E-state index contributed by atoms with van der Waals surface area (Å²) in [7, 11) is 1.54. The summed E-state index contributed by atoms with van der Waals surface area (Å²) in [5, 5.41) is 73.0. The lowest BCUT2D eigenvalue weighted by molar-refractivity contribution is -0.146. The molecule has 1 aliphatic heterocycles. The number of carbonyl (C=O) groups is 14. The molecule has 2 heterocycles. The molecule has 12 atom stereocenters. The van der Waals surface area contributed by atoms with Crippen LogP contribution in [0.25, 0.3) is 11.1 Å². The van der Waals surface area contributed by atoms with Gasteiger partial charge in [-0.1, -0.05) is 85.8 Å². The molecule has 4 aromatic carbocycles. The van der Waals surface area contributed by atoms with Crippen LogP contribution in [0.3, 0.4) is 0 Å². The van der Waals surface area contributed by atoms with Gasteiger partial charge < -0.3 is 104 Å². The van der Waals surface area contributed by atoms with Gasteiger partial charge in [-0.2, -0.15) is 0 Å². The second kappa shape index (κ2) is 41.9. The Balaban J connectivity index is 1.17. The zero-order chi connectivity index (χ0) is 82.7. The quantitative estimate of drug-likeness (QED) is 0.0207. The zero-order valence-electron chi connectivity index (χ0n) is 63.2. The minimum absolute atomic E-state index is 0.0258. The Morgan fingerprint density at radius 2 is 1.31 bits per heavy atom. The van der Waals surface area contributed by atoms with Gasteiger partial charge in [0, 0.05) is 57.9 Å². The number of rotatable bonds is 43. The van der Waals surface area contributed by atoms with Crippen LogP contribution < -0.4 is 64.1 Å². The van der Waals surface area contributed by atoms with Crippen LogP contribution in [0.1, 0.15) is 114 Å². The van der Waals surface area contributed by atoms with Gasteiger partial charge in [0.05, 0.1) is 57.0 Å². The number of imidazole rings is 1. The molecule has 1 aliphatic rings. The number of primary amides is 1. The van der Waals surface area contributed by atoms with E-state index in [4.69, 9.17) is 16.2 Å². The number of aliphatic carboxylic acids is 2. The van der Waals surface area contributed by atoms with Crippen LogP contribution in [0.15, 0.2) is 110 Å². The molecule has 1 aromatic heterocycles. The lowest BCUT2D eigenvalue weighted by Crippen LogP contribution is -2.67. The number of ether oxygens (including phenoxy) is 1. The molecule has 0 spiro atoms. The van der Waals surface area contributed by atoms with Crippen LogP contribution >= 0.6 is 0 Å². The molecule has 35 nitrogen and oxygen atoms in total. The second-order valence-electron chi connectivity index (χ2n) is 27.6. The molecule has 1 fully saturated rings. The molecule has 112 heavy (non-hydrogen) atoms. The van der Waals surface area contributed by atoms with E-state index in [9.17, 15) is 92.7 Å². The summed E-state index contributed by atoms with van der Waals surface area (Å²) in [6.45, 7) is 6.60. The number of aryl methyl sites for hydroxylation is 1. The van der Waals surface area contributed by atoms with Crippen molar-refractivity contribution in [1.82, 2.24) is 67.6 Å². The average molecular weight is 1560 g/mol. The summed E-state index contributed by atoms with van der Waals surface area (Å²) in [6.07, 6.45) is -3.68. The number of aliphatic hydroxyl groups excluding tert-OH is 3. The Morgan fingerprint density at radius 1 is 0.696 bits per heavy atom. The Bertz CT molecular complexity index is 4150. The third-order valence-corrected chi connectivity index (χ3v) is 19.0. The molecule has 19 N–H and O–H groups in total. The molecule has 0 bridgehead atoms. The number of carboxylic acid groups (broad SMARTS) is 2. The Hall–Kier alpha value is -11.8. The van der Waals surface area contributed by atoms with E-state index in [0.717, 1.165) is 49.1 Å². The number of likely N-dealkylation sites (tertiary alicyclic amines) is 1.